The molecule has 0 radical (unpaired) electrons. The third kappa shape index (κ3) is 6.97. The lowest BCUT2D eigenvalue weighted by Gasteiger charge is -2.16. The summed E-state index contributed by atoms with van der Waals surface area (Å²) in [6.07, 6.45) is 0. The van der Waals surface area contributed by atoms with E-state index in [1.54, 1.807) is 0 Å². The highest BCUT2D eigenvalue weighted by atomic mass is 35.5. The predicted octanol–water partition coefficient (Wildman–Crippen LogP) is 6.34. The predicted molar refractivity (Wildman–Crippen MR) is 122 cm³/mol. The van der Waals surface area contributed by atoms with Gasteiger partial charge in [0.25, 0.3) is 0 Å². The van der Waals surface area contributed by atoms with Crippen LogP contribution in [0.3, 0.4) is 0 Å². The van der Waals surface area contributed by atoms with Crippen molar-refractivity contribution in [2.75, 3.05) is 6.61 Å². The van der Waals surface area contributed by atoms with Crippen molar-refractivity contribution in [1.29, 1.82) is 0 Å². The number of aryl methyl sites for hydroxylation is 1. The number of nitrogens with one attached hydrogen (secondary N) is 1. The van der Waals surface area contributed by atoms with Gasteiger partial charge in [0.15, 0.2) is 11.5 Å². The average molecular weight is 432 g/mol. The second-order valence-corrected chi connectivity index (χ2v) is 7.11. The zero-order valence-electron chi connectivity index (χ0n) is 16.8. The molecule has 3 aromatic rings. The van der Waals surface area contributed by atoms with Crippen molar-refractivity contribution >= 4 is 24.0 Å². The molecule has 0 saturated heterocycles. The molecule has 0 aliphatic carbocycles. The average Bonchev–Trinajstić information content (AvgIpc) is 2.70. The summed E-state index contributed by atoms with van der Waals surface area (Å²) in [6.45, 7) is 6.55. The van der Waals surface area contributed by atoms with Crippen LogP contribution in [0.4, 0.5) is 0 Å². The number of hydrogen-bond acceptors (Lipinski definition) is 3. The number of hydrogen-bond donors (Lipinski definition) is 1. The Morgan fingerprint density at radius 1 is 0.828 bits per heavy atom. The van der Waals surface area contributed by atoms with Crippen LogP contribution in [0.25, 0.3) is 0 Å². The van der Waals surface area contributed by atoms with E-state index in [1.165, 1.54) is 11.1 Å². The van der Waals surface area contributed by atoms with Crippen molar-refractivity contribution in [2.45, 2.75) is 33.5 Å². The van der Waals surface area contributed by atoms with Crippen molar-refractivity contribution in [1.82, 2.24) is 5.32 Å². The third-order valence-corrected chi connectivity index (χ3v) is 4.65. The van der Waals surface area contributed by atoms with Crippen LogP contribution in [-0.4, -0.2) is 6.61 Å². The van der Waals surface area contributed by atoms with E-state index in [-0.39, 0.29) is 12.4 Å². The van der Waals surface area contributed by atoms with E-state index >= 15 is 0 Å². The van der Waals surface area contributed by atoms with Crippen molar-refractivity contribution in [3.63, 3.8) is 0 Å². The quantitative estimate of drug-likeness (QED) is 0.428. The molecule has 0 aliphatic heterocycles. The molecule has 0 heterocycles. The first-order chi connectivity index (χ1) is 13.7. The molecule has 1 N–H and O–H groups in total. The number of rotatable bonds is 9. The van der Waals surface area contributed by atoms with Gasteiger partial charge in [-0.25, -0.2) is 0 Å². The van der Waals surface area contributed by atoms with Gasteiger partial charge >= 0.3 is 0 Å². The molecule has 0 bridgehead atoms. The standard InChI is InChI=1S/C24H26ClNO2.ClH/c1-3-27-23-14-21(16-26-15-19-11-9-18(2)10-12-19)13-22(25)24(23)28-17-20-7-5-4-6-8-20;/h4-14,26H,3,15-17H2,1-2H3;1H. The summed E-state index contributed by atoms with van der Waals surface area (Å²) in [5, 5.41) is 4.02. The van der Waals surface area contributed by atoms with E-state index in [9.17, 15) is 0 Å². The summed E-state index contributed by atoms with van der Waals surface area (Å²) in [7, 11) is 0. The molecule has 3 nitrogen and oxygen atoms in total. The van der Waals surface area contributed by atoms with Crippen molar-refractivity contribution in [2.24, 2.45) is 0 Å². The highest BCUT2D eigenvalue weighted by Crippen LogP contribution is 2.37. The summed E-state index contributed by atoms with van der Waals surface area (Å²) < 4.78 is 11.8. The minimum atomic E-state index is 0. The molecule has 0 spiro atoms. The van der Waals surface area contributed by atoms with Crippen LogP contribution in [-0.2, 0) is 19.7 Å². The zero-order valence-corrected chi connectivity index (χ0v) is 18.4. The van der Waals surface area contributed by atoms with E-state index in [0.717, 1.165) is 17.7 Å². The molecule has 0 atom stereocenters. The van der Waals surface area contributed by atoms with Crippen LogP contribution in [0, 0.1) is 6.92 Å². The zero-order chi connectivity index (χ0) is 19.8. The molecule has 0 saturated carbocycles. The largest absolute Gasteiger partial charge is 0.490 e. The Labute approximate surface area is 184 Å². The van der Waals surface area contributed by atoms with Gasteiger partial charge in [-0.1, -0.05) is 71.8 Å². The Morgan fingerprint density at radius 2 is 1.52 bits per heavy atom. The first-order valence-electron chi connectivity index (χ1n) is 9.54. The second kappa shape index (κ2) is 11.7. The summed E-state index contributed by atoms with van der Waals surface area (Å²) in [6, 6.07) is 22.5. The fourth-order valence-corrected chi connectivity index (χ4v) is 3.20. The highest BCUT2D eigenvalue weighted by Gasteiger charge is 2.13. The lowest BCUT2D eigenvalue weighted by atomic mass is 10.1. The molecular formula is C24H27Cl2NO2. The van der Waals surface area contributed by atoms with Crippen LogP contribution in [0.15, 0.2) is 66.7 Å². The minimum absolute atomic E-state index is 0. The Morgan fingerprint density at radius 3 is 2.21 bits per heavy atom. The molecule has 0 amide bonds. The maximum atomic E-state index is 6.52. The SMILES string of the molecule is CCOc1cc(CNCc2ccc(C)cc2)cc(Cl)c1OCc1ccccc1.Cl. The van der Waals surface area contributed by atoms with Gasteiger partial charge in [-0.15, -0.1) is 12.4 Å². The second-order valence-electron chi connectivity index (χ2n) is 6.70. The summed E-state index contributed by atoms with van der Waals surface area (Å²) in [5.74, 6) is 1.27. The molecule has 0 fully saturated rings. The molecule has 0 unspecified atom stereocenters. The van der Waals surface area contributed by atoms with Gasteiger partial charge in [-0.05, 0) is 42.7 Å². The summed E-state index contributed by atoms with van der Waals surface area (Å²) >= 11 is 6.52. The first kappa shape index (κ1) is 23.1. The Hall–Kier alpha value is -2.20. The van der Waals surface area contributed by atoms with E-state index in [2.05, 4.69) is 36.5 Å². The van der Waals surface area contributed by atoms with Crippen LogP contribution in [0.1, 0.15) is 29.2 Å². The smallest absolute Gasteiger partial charge is 0.180 e. The lowest BCUT2D eigenvalue weighted by molar-refractivity contribution is 0.269. The van der Waals surface area contributed by atoms with Gasteiger partial charge in [0.05, 0.1) is 11.6 Å². The van der Waals surface area contributed by atoms with Crippen LogP contribution in [0.2, 0.25) is 5.02 Å². The monoisotopic (exact) mass is 431 g/mol. The Balaban J connectivity index is 0.00000300. The molecular weight excluding hydrogens is 405 g/mol. The van der Waals surface area contributed by atoms with Gasteiger partial charge < -0.3 is 14.8 Å². The van der Waals surface area contributed by atoms with E-state index < -0.39 is 0 Å². The Kier molecular flexibility index (Phi) is 9.33. The fraction of sp³-hybridized carbons (Fsp3) is 0.250. The van der Waals surface area contributed by atoms with Crippen LogP contribution >= 0.6 is 24.0 Å². The number of benzene rings is 3. The lowest BCUT2D eigenvalue weighted by Crippen LogP contribution is -2.13. The summed E-state index contributed by atoms with van der Waals surface area (Å²) in [5.41, 5.74) is 4.67. The maximum absolute atomic E-state index is 6.52. The Bertz CT molecular complexity index is 883. The number of ether oxygens (including phenoxy) is 2. The molecule has 3 rings (SSSR count). The molecule has 154 valence electrons. The van der Waals surface area contributed by atoms with Crippen molar-refractivity contribution in [3.05, 3.63) is 94.0 Å². The maximum Gasteiger partial charge on any atom is 0.180 e. The van der Waals surface area contributed by atoms with Gasteiger partial charge in [-0.2, -0.15) is 0 Å². The number of halogens is 2. The third-order valence-electron chi connectivity index (χ3n) is 4.37. The molecule has 29 heavy (non-hydrogen) atoms. The van der Waals surface area contributed by atoms with Gasteiger partial charge in [0, 0.05) is 13.1 Å². The first-order valence-corrected chi connectivity index (χ1v) is 9.91. The van der Waals surface area contributed by atoms with Gasteiger partial charge in [-0.3, -0.25) is 0 Å². The van der Waals surface area contributed by atoms with Crippen molar-refractivity contribution < 1.29 is 9.47 Å². The van der Waals surface area contributed by atoms with Gasteiger partial charge in [0.2, 0.25) is 0 Å². The summed E-state index contributed by atoms with van der Waals surface area (Å²) in [4.78, 5) is 0. The van der Waals surface area contributed by atoms with E-state index in [4.69, 9.17) is 21.1 Å². The molecule has 3 aromatic carbocycles. The molecule has 0 aromatic heterocycles. The van der Waals surface area contributed by atoms with Crippen LogP contribution < -0.4 is 14.8 Å². The highest BCUT2D eigenvalue weighted by molar-refractivity contribution is 6.32. The van der Waals surface area contributed by atoms with Crippen molar-refractivity contribution in [3.8, 4) is 11.5 Å². The minimum Gasteiger partial charge on any atom is -0.490 e. The van der Waals surface area contributed by atoms with Gasteiger partial charge in [0.1, 0.15) is 6.61 Å². The molecule has 0 aliphatic rings. The van der Waals surface area contributed by atoms with E-state index in [0.29, 0.717) is 36.3 Å². The van der Waals surface area contributed by atoms with E-state index in [1.807, 2.05) is 49.4 Å². The topological polar surface area (TPSA) is 30.5 Å². The van der Waals surface area contributed by atoms with Crippen LogP contribution in [0.5, 0.6) is 11.5 Å². The molecule has 5 heteroatoms. The fourth-order valence-electron chi connectivity index (χ4n) is 2.91. The normalized spacial score (nSPS) is 10.3.